The molecule has 2 heterocycles. The number of pyridine rings is 1. The van der Waals surface area contributed by atoms with Crippen molar-refractivity contribution in [2.75, 3.05) is 38.8 Å². The number of ether oxygens (including phenoxy) is 1. The Morgan fingerprint density at radius 3 is 2.89 bits per heavy atom. The zero-order valence-electron chi connectivity index (χ0n) is 11.5. The quantitative estimate of drug-likeness (QED) is 0.794. The summed E-state index contributed by atoms with van der Waals surface area (Å²) in [4.78, 5) is 9.14. The molecule has 1 saturated carbocycles. The van der Waals surface area contributed by atoms with E-state index in [2.05, 4.69) is 34.9 Å². The largest absolute Gasteiger partial charge is 0.377 e. The second-order valence-corrected chi connectivity index (χ2v) is 6.15. The fourth-order valence-corrected chi connectivity index (χ4v) is 2.96. The average Bonchev–Trinajstić information content (AvgIpc) is 3.10. The molecule has 104 valence electrons. The molecule has 2 aliphatic rings. The summed E-state index contributed by atoms with van der Waals surface area (Å²) in [5.74, 6) is 0. The van der Waals surface area contributed by atoms with E-state index in [-0.39, 0.29) is 5.54 Å². The molecule has 5 heteroatoms. The van der Waals surface area contributed by atoms with Gasteiger partial charge in [-0.25, -0.2) is 4.98 Å². The molecule has 0 unspecified atom stereocenters. The van der Waals surface area contributed by atoms with Crippen LogP contribution in [0.25, 0.3) is 0 Å². The van der Waals surface area contributed by atoms with Crippen LogP contribution in [0.3, 0.4) is 0 Å². The lowest BCUT2D eigenvalue weighted by Crippen LogP contribution is -2.48. The highest BCUT2D eigenvalue weighted by atomic mass is 35.5. The molecule has 1 aromatic rings. The van der Waals surface area contributed by atoms with E-state index in [1.807, 2.05) is 6.07 Å². The molecular formula is C14H20ClN3O. The third kappa shape index (κ3) is 2.57. The van der Waals surface area contributed by atoms with Crippen molar-refractivity contribution >= 4 is 17.3 Å². The molecule has 3 rings (SSSR count). The van der Waals surface area contributed by atoms with E-state index < -0.39 is 0 Å². The summed E-state index contributed by atoms with van der Waals surface area (Å²) in [5, 5.41) is 0.568. The Hall–Kier alpha value is -0.840. The number of rotatable bonds is 3. The number of morpholine rings is 1. The summed E-state index contributed by atoms with van der Waals surface area (Å²) in [6.07, 6.45) is 2.44. The van der Waals surface area contributed by atoms with Crippen molar-refractivity contribution in [3.05, 3.63) is 23.0 Å². The highest BCUT2D eigenvalue weighted by Gasteiger charge is 2.50. The molecule has 1 spiro atoms. The van der Waals surface area contributed by atoms with Crippen molar-refractivity contribution in [1.82, 2.24) is 9.88 Å². The Morgan fingerprint density at radius 2 is 2.21 bits per heavy atom. The Bertz CT molecular complexity index is 474. The minimum atomic E-state index is 0.231. The van der Waals surface area contributed by atoms with Crippen LogP contribution in [0.5, 0.6) is 0 Å². The van der Waals surface area contributed by atoms with Crippen molar-refractivity contribution in [3.63, 3.8) is 0 Å². The van der Waals surface area contributed by atoms with Gasteiger partial charge in [0.25, 0.3) is 0 Å². The topological polar surface area (TPSA) is 28.6 Å². The zero-order chi connectivity index (χ0) is 13.5. The Balaban J connectivity index is 1.94. The molecule has 1 aliphatic carbocycles. The van der Waals surface area contributed by atoms with Gasteiger partial charge in [-0.15, -0.1) is 0 Å². The van der Waals surface area contributed by atoms with Gasteiger partial charge >= 0.3 is 0 Å². The summed E-state index contributed by atoms with van der Waals surface area (Å²) in [6, 6.07) is 4.00. The van der Waals surface area contributed by atoms with Gasteiger partial charge in [0.05, 0.1) is 30.1 Å². The van der Waals surface area contributed by atoms with Crippen molar-refractivity contribution in [3.8, 4) is 0 Å². The van der Waals surface area contributed by atoms with E-state index in [1.54, 1.807) is 0 Å². The summed E-state index contributed by atoms with van der Waals surface area (Å²) >= 11 is 6.05. The first-order chi connectivity index (χ1) is 9.11. The third-order valence-electron chi connectivity index (χ3n) is 3.90. The highest BCUT2D eigenvalue weighted by molar-refractivity contribution is 6.29. The van der Waals surface area contributed by atoms with E-state index in [0.29, 0.717) is 5.15 Å². The molecule has 0 atom stereocenters. The number of halogens is 1. The Morgan fingerprint density at radius 1 is 1.42 bits per heavy atom. The summed E-state index contributed by atoms with van der Waals surface area (Å²) < 4.78 is 5.65. The fraction of sp³-hybridized carbons (Fsp3) is 0.643. The fourth-order valence-electron chi connectivity index (χ4n) is 2.80. The van der Waals surface area contributed by atoms with Crippen LogP contribution in [0.2, 0.25) is 5.15 Å². The van der Waals surface area contributed by atoms with Gasteiger partial charge in [0.15, 0.2) is 0 Å². The number of aromatic nitrogens is 1. The Kier molecular flexibility index (Phi) is 3.41. The molecule has 0 aromatic carbocycles. The van der Waals surface area contributed by atoms with E-state index >= 15 is 0 Å². The summed E-state index contributed by atoms with van der Waals surface area (Å²) in [7, 11) is 4.11. The second-order valence-electron chi connectivity index (χ2n) is 5.77. The van der Waals surface area contributed by atoms with Gasteiger partial charge in [0, 0.05) is 13.1 Å². The van der Waals surface area contributed by atoms with Crippen LogP contribution in [0.4, 0.5) is 5.69 Å². The second kappa shape index (κ2) is 4.93. The van der Waals surface area contributed by atoms with Gasteiger partial charge in [0.2, 0.25) is 0 Å². The van der Waals surface area contributed by atoms with Crippen LogP contribution < -0.4 is 4.90 Å². The van der Waals surface area contributed by atoms with E-state index in [9.17, 15) is 0 Å². The lowest BCUT2D eigenvalue weighted by Gasteiger charge is -2.39. The van der Waals surface area contributed by atoms with Gasteiger partial charge in [0.1, 0.15) is 5.15 Å². The maximum Gasteiger partial charge on any atom is 0.129 e. The number of hydrogen-bond acceptors (Lipinski definition) is 4. The maximum absolute atomic E-state index is 6.05. The molecular weight excluding hydrogens is 262 g/mol. The molecule has 1 aliphatic heterocycles. The minimum absolute atomic E-state index is 0.231. The first-order valence-electron chi connectivity index (χ1n) is 6.76. The van der Waals surface area contributed by atoms with Gasteiger partial charge in [-0.05, 0) is 39.1 Å². The van der Waals surface area contributed by atoms with Crippen LogP contribution in [-0.2, 0) is 11.3 Å². The lowest BCUT2D eigenvalue weighted by atomic mass is 10.1. The molecule has 1 aromatic heterocycles. The first-order valence-corrected chi connectivity index (χ1v) is 7.14. The smallest absolute Gasteiger partial charge is 0.129 e. The molecule has 0 radical (unpaired) electrons. The normalized spacial score (nSPS) is 21.2. The van der Waals surface area contributed by atoms with Crippen molar-refractivity contribution in [1.29, 1.82) is 0 Å². The van der Waals surface area contributed by atoms with Crippen LogP contribution in [0.15, 0.2) is 12.1 Å². The highest BCUT2D eigenvalue weighted by Crippen LogP contribution is 2.46. The van der Waals surface area contributed by atoms with Gasteiger partial charge in [-0.1, -0.05) is 11.6 Å². The lowest BCUT2D eigenvalue weighted by molar-refractivity contribution is 0.0862. The molecule has 0 bridgehead atoms. The number of nitrogens with zero attached hydrogens (tertiary/aromatic N) is 3. The Labute approximate surface area is 119 Å². The molecule has 0 amide bonds. The van der Waals surface area contributed by atoms with Crippen molar-refractivity contribution in [2.45, 2.75) is 24.9 Å². The van der Waals surface area contributed by atoms with Crippen LogP contribution in [0.1, 0.15) is 18.5 Å². The van der Waals surface area contributed by atoms with Crippen LogP contribution in [0, 0.1) is 0 Å². The molecule has 2 fully saturated rings. The third-order valence-corrected chi connectivity index (χ3v) is 4.11. The summed E-state index contributed by atoms with van der Waals surface area (Å²) in [5.41, 5.74) is 2.51. The van der Waals surface area contributed by atoms with Gasteiger partial charge in [-0.2, -0.15) is 0 Å². The van der Waals surface area contributed by atoms with Crippen LogP contribution >= 0.6 is 11.6 Å². The van der Waals surface area contributed by atoms with Crippen molar-refractivity contribution < 1.29 is 4.74 Å². The monoisotopic (exact) mass is 281 g/mol. The predicted octanol–water partition coefficient (Wildman–Crippen LogP) is 2.17. The zero-order valence-corrected chi connectivity index (χ0v) is 12.3. The predicted molar refractivity (Wildman–Crippen MR) is 76.8 cm³/mol. The maximum atomic E-state index is 6.05. The molecule has 19 heavy (non-hydrogen) atoms. The summed E-state index contributed by atoms with van der Waals surface area (Å²) in [6.45, 7) is 3.40. The standard InChI is InChI=1S/C14H20ClN3O/c1-17(2)9-11-12(3-4-13(15)16-11)18-7-8-19-10-14(18)5-6-14/h3-4H,5-10H2,1-2H3. The van der Waals surface area contributed by atoms with E-state index in [4.69, 9.17) is 16.3 Å². The number of hydrogen-bond donors (Lipinski definition) is 0. The van der Waals surface area contributed by atoms with E-state index in [0.717, 1.165) is 32.0 Å². The molecule has 4 nitrogen and oxygen atoms in total. The van der Waals surface area contributed by atoms with Crippen molar-refractivity contribution in [2.24, 2.45) is 0 Å². The SMILES string of the molecule is CN(C)Cc1nc(Cl)ccc1N1CCOCC12CC2. The van der Waals surface area contributed by atoms with Gasteiger partial charge < -0.3 is 14.5 Å². The molecule has 0 N–H and O–H groups in total. The molecule has 1 saturated heterocycles. The first kappa shape index (κ1) is 13.2. The van der Waals surface area contributed by atoms with E-state index in [1.165, 1.54) is 18.5 Å². The number of anilines is 1. The minimum Gasteiger partial charge on any atom is -0.377 e. The van der Waals surface area contributed by atoms with Gasteiger partial charge in [-0.3, -0.25) is 0 Å². The average molecular weight is 282 g/mol. The van der Waals surface area contributed by atoms with Crippen LogP contribution in [-0.4, -0.2) is 49.3 Å².